The second kappa shape index (κ2) is 6.83. The third kappa shape index (κ3) is 3.18. The molecular weight excluding hydrogens is 362 g/mol. The number of amides is 1. The third-order valence-electron chi connectivity index (χ3n) is 5.20. The van der Waals surface area contributed by atoms with Crippen molar-refractivity contribution in [3.63, 3.8) is 0 Å². The Hall–Kier alpha value is -3.07. The number of rotatable bonds is 3. The van der Waals surface area contributed by atoms with Crippen LogP contribution in [0.2, 0.25) is 0 Å². The number of piperidine rings is 1. The van der Waals surface area contributed by atoms with Gasteiger partial charge in [-0.25, -0.2) is 4.98 Å². The van der Waals surface area contributed by atoms with Crippen molar-refractivity contribution in [2.24, 2.45) is 0 Å². The normalized spacial score (nSPS) is 16.5. The highest BCUT2D eigenvalue weighted by Gasteiger charge is 2.36. The summed E-state index contributed by atoms with van der Waals surface area (Å²) in [5.41, 5.74) is -0.509. The van der Waals surface area contributed by atoms with Gasteiger partial charge in [0.05, 0.1) is 5.69 Å². The summed E-state index contributed by atoms with van der Waals surface area (Å²) < 4.78 is 6.62. The summed E-state index contributed by atoms with van der Waals surface area (Å²) in [5, 5.41) is 10.9. The maximum absolute atomic E-state index is 12.8. The van der Waals surface area contributed by atoms with Crippen molar-refractivity contribution in [2.45, 2.75) is 38.8 Å². The van der Waals surface area contributed by atoms with Crippen molar-refractivity contribution in [3.05, 3.63) is 52.2 Å². The number of pyridine rings is 1. The average Bonchev–Trinajstić information content (AvgIpc) is 3.06. The lowest BCUT2D eigenvalue weighted by Gasteiger charge is -2.37. The Balaban J connectivity index is 1.50. The van der Waals surface area contributed by atoms with E-state index in [0.717, 1.165) is 0 Å². The van der Waals surface area contributed by atoms with E-state index in [1.807, 2.05) is 6.07 Å². The van der Waals surface area contributed by atoms with Crippen LogP contribution in [0.4, 0.5) is 0 Å². The molecule has 0 bridgehead atoms. The number of aliphatic hydroxyl groups is 1. The number of aryl methyl sites for hydroxylation is 2. The zero-order chi connectivity index (χ0) is 19.9. The van der Waals surface area contributed by atoms with Crippen LogP contribution in [0.1, 0.15) is 30.3 Å². The highest BCUT2D eigenvalue weighted by molar-refractivity contribution is 5.77. The minimum absolute atomic E-state index is 0.123. The molecule has 28 heavy (non-hydrogen) atoms. The van der Waals surface area contributed by atoms with Crippen molar-refractivity contribution < 1.29 is 14.3 Å². The number of likely N-dealkylation sites (tertiary alicyclic amines) is 1. The highest BCUT2D eigenvalue weighted by Crippen LogP contribution is 2.31. The number of carbonyl (C=O) groups excluding carboxylic acids is 1. The van der Waals surface area contributed by atoms with E-state index in [9.17, 15) is 14.7 Å². The molecule has 4 rings (SSSR count). The van der Waals surface area contributed by atoms with Crippen LogP contribution in [0.5, 0.6) is 0 Å². The lowest BCUT2D eigenvalue weighted by atomic mass is 9.87. The zero-order valence-corrected chi connectivity index (χ0v) is 15.8. The Morgan fingerprint density at radius 3 is 2.68 bits per heavy atom. The molecule has 9 nitrogen and oxygen atoms in total. The van der Waals surface area contributed by atoms with Crippen LogP contribution in [-0.4, -0.2) is 48.5 Å². The van der Waals surface area contributed by atoms with Crippen molar-refractivity contribution in [3.8, 4) is 0 Å². The van der Waals surface area contributed by atoms with Crippen molar-refractivity contribution in [2.75, 3.05) is 13.1 Å². The minimum Gasteiger partial charge on any atom is -0.422 e. The molecule has 3 aromatic heterocycles. The lowest BCUT2D eigenvalue weighted by Crippen LogP contribution is -2.47. The standard InChI is InChI=1S/C19H21N5O4/c1-12-21-17-16(22-13(2)28-17)18(26)24(12)11-15(25)23-9-6-19(27,7-10-23)14-5-3-4-8-20-14/h3-5,8,27H,6-7,9-11H2,1-2H3. The van der Waals surface area contributed by atoms with Gasteiger partial charge < -0.3 is 14.4 Å². The Labute approximate surface area is 160 Å². The highest BCUT2D eigenvalue weighted by atomic mass is 16.4. The Kier molecular flexibility index (Phi) is 4.46. The van der Waals surface area contributed by atoms with Crippen molar-refractivity contribution >= 4 is 17.1 Å². The van der Waals surface area contributed by atoms with Crippen LogP contribution < -0.4 is 5.56 Å². The quantitative estimate of drug-likeness (QED) is 0.715. The van der Waals surface area contributed by atoms with Crippen LogP contribution in [0, 0.1) is 13.8 Å². The number of oxazole rings is 1. The van der Waals surface area contributed by atoms with Gasteiger partial charge >= 0.3 is 0 Å². The van der Waals surface area contributed by atoms with Crippen LogP contribution >= 0.6 is 0 Å². The molecule has 0 spiro atoms. The minimum atomic E-state index is -1.04. The SMILES string of the molecule is Cc1nc2c(=O)n(CC(=O)N3CCC(O)(c4ccccn4)CC3)c(C)nc2o1. The van der Waals surface area contributed by atoms with Gasteiger partial charge in [-0.2, -0.15) is 4.98 Å². The van der Waals surface area contributed by atoms with E-state index < -0.39 is 11.2 Å². The van der Waals surface area contributed by atoms with Crippen LogP contribution in [0.3, 0.4) is 0 Å². The first-order valence-electron chi connectivity index (χ1n) is 9.14. The molecule has 0 radical (unpaired) electrons. The average molecular weight is 383 g/mol. The van der Waals surface area contributed by atoms with Gasteiger partial charge in [0, 0.05) is 26.2 Å². The summed E-state index contributed by atoms with van der Waals surface area (Å²) in [5.74, 6) is 0.548. The maximum atomic E-state index is 12.8. The number of hydrogen-bond acceptors (Lipinski definition) is 7. The first-order valence-corrected chi connectivity index (χ1v) is 9.14. The summed E-state index contributed by atoms with van der Waals surface area (Å²) in [4.78, 5) is 39.6. The number of aromatic nitrogens is 4. The number of carbonyl (C=O) groups is 1. The van der Waals surface area contributed by atoms with E-state index >= 15 is 0 Å². The molecule has 1 amide bonds. The largest absolute Gasteiger partial charge is 0.422 e. The Morgan fingerprint density at radius 1 is 1.25 bits per heavy atom. The summed E-state index contributed by atoms with van der Waals surface area (Å²) in [6, 6.07) is 5.43. The predicted molar refractivity (Wildman–Crippen MR) is 99.5 cm³/mol. The smallest absolute Gasteiger partial charge is 0.284 e. The maximum Gasteiger partial charge on any atom is 0.284 e. The summed E-state index contributed by atoms with van der Waals surface area (Å²) in [6.45, 7) is 3.95. The Morgan fingerprint density at radius 2 is 2.00 bits per heavy atom. The molecule has 4 heterocycles. The zero-order valence-electron chi connectivity index (χ0n) is 15.8. The molecule has 1 N–H and O–H groups in total. The van der Waals surface area contributed by atoms with Crippen LogP contribution in [0.25, 0.3) is 11.2 Å². The molecule has 0 unspecified atom stereocenters. The second-order valence-corrected chi connectivity index (χ2v) is 7.06. The number of hydrogen-bond donors (Lipinski definition) is 1. The summed E-state index contributed by atoms with van der Waals surface area (Å²) in [7, 11) is 0. The molecule has 146 valence electrons. The van der Waals surface area contributed by atoms with Gasteiger partial charge in [0.1, 0.15) is 18.0 Å². The van der Waals surface area contributed by atoms with E-state index in [0.29, 0.717) is 43.3 Å². The van der Waals surface area contributed by atoms with Gasteiger partial charge in [0.2, 0.25) is 5.91 Å². The summed E-state index contributed by atoms with van der Waals surface area (Å²) >= 11 is 0. The molecule has 1 fully saturated rings. The summed E-state index contributed by atoms with van der Waals surface area (Å²) in [6.07, 6.45) is 2.43. The van der Waals surface area contributed by atoms with Gasteiger partial charge in [-0.3, -0.25) is 19.1 Å². The lowest BCUT2D eigenvalue weighted by molar-refractivity contribution is -0.136. The van der Waals surface area contributed by atoms with Gasteiger partial charge in [-0.1, -0.05) is 6.07 Å². The fraction of sp³-hybridized carbons (Fsp3) is 0.421. The van der Waals surface area contributed by atoms with Gasteiger partial charge in [0.15, 0.2) is 11.4 Å². The first-order chi connectivity index (χ1) is 13.4. The van der Waals surface area contributed by atoms with E-state index in [4.69, 9.17) is 4.42 Å². The molecule has 0 aliphatic carbocycles. The van der Waals surface area contributed by atoms with Gasteiger partial charge in [-0.15, -0.1) is 0 Å². The van der Waals surface area contributed by atoms with E-state index in [1.54, 1.807) is 37.1 Å². The van der Waals surface area contributed by atoms with Crippen molar-refractivity contribution in [1.82, 2.24) is 24.4 Å². The molecule has 1 aliphatic rings. The van der Waals surface area contributed by atoms with Gasteiger partial charge in [-0.05, 0) is 31.9 Å². The molecule has 0 saturated carbocycles. The molecule has 0 atom stereocenters. The molecule has 9 heteroatoms. The van der Waals surface area contributed by atoms with E-state index in [1.165, 1.54) is 4.57 Å². The fourth-order valence-electron chi connectivity index (χ4n) is 3.56. The molecule has 3 aromatic rings. The third-order valence-corrected chi connectivity index (χ3v) is 5.20. The molecular formula is C19H21N5O4. The predicted octanol–water partition coefficient (Wildman–Crippen LogP) is 0.907. The second-order valence-electron chi connectivity index (χ2n) is 7.06. The Bertz CT molecular complexity index is 1080. The topological polar surface area (TPSA) is 114 Å². The number of nitrogens with zero attached hydrogens (tertiary/aromatic N) is 5. The van der Waals surface area contributed by atoms with E-state index in [2.05, 4.69) is 15.0 Å². The molecule has 1 saturated heterocycles. The number of fused-ring (bicyclic) bond motifs is 1. The first kappa shape index (κ1) is 18.3. The van der Waals surface area contributed by atoms with E-state index in [-0.39, 0.29) is 23.7 Å². The molecule has 0 aromatic carbocycles. The molecule has 1 aliphatic heterocycles. The van der Waals surface area contributed by atoms with Crippen molar-refractivity contribution in [1.29, 1.82) is 0 Å². The monoisotopic (exact) mass is 383 g/mol. The van der Waals surface area contributed by atoms with Gasteiger partial charge in [0.25, 0.3) is 11.3 Å². The fourth-order valence-corrected chi connectivity index (χ4v) is 3.56. The van der Waals surface area contributed by atoms with Crippen LogP contribution in [0.15, 0.2) is 33.6 Å². The van der Waals surface area contributed by atoms with Crippen LogP contribution in [-0.2, 0) is 16.9 Å².